The van der Waals surface area contributed by atoms with Gasteiger partial charge in [0.05, 0.1) is 22.9 Å². The maximum atomic E-state index is 13.7. The largest absolute Gasteiger partial charge is 0.481 e. The monoisotopic (exact) mass is 423 g/mol. The zero-order chi connectivity index (χ0) is 22.1. The third-order valence-electron chi connectivity index (χ3n) is 5.50. The van der Waals surface area contributed by atoms with Crippen LogP contribution in [0, 0.1) is 25.7 Å². The highest BCUT2D eigenvalue weighted by molar-refractivity contribution is 5.80. The summed E-state index contributed by atoms with van der Waals surface area (Å²) in [4.78, 5) is 23.6. The average Bonchev–Trinajstić information content (AvgIpc) is 3.03. The van der Waals surface area contributed by atoms with Crippen molar-refractivity contribution in [3.8, 4) is 5.69 Å². The Kier molecular flexibility index (Phi) is 6.19. The number of hydrogen-bond donors (Lipinski definition) is 2. The Morgan fingerprint density at radius 2 is 1.90 bits per heavy atom. The molecule has 1 fully saturated rings. The number of alkyl halides is 3. The standard InChI is InChI=1S/C21H24F3N3O3/c1-12-8-13(2)27(26-12)17-7-6-16(18(10-17)21(22,23)24)11-25-19(28)14-4-3-5-15(9-14)20(29)30/h6-8,10,14-15H,3-5,9,11H2,1-2H3,(H,25,28)(H,29,30). The van der Waals surface area contributed by atoms with Gasteiger partial charge in [0.15, 0.2) is 0 Å². The van der Waals surface area contributed by atoms with Crippen LogP contribution in [-0.4, -0.2) is 26.8 Å². The fourth-order valence-electron chi connectivity index (χ4n) is 3.98. The molecular weight excluding hydrogens is 399 g/mol. The number of carboxylic acid groups (broad SMARTS) is 1. The molecule has 2 aromatic rings. The molecule has 1 aliphatic carbocycles. The first-order valence-electron chi connectivity index (χ1n) is 9.80. The number of nitrogens with zero attached hydrogens (tertiary/aromatic N) is 2. The minimum Gasteiger partial charge on any atom is -0.481 e. The number of aryl methyl sites for hydroxylation is 2. The molecule has 1 heterocycles. The SMILES string of the molecule is Cc1cc(C)n(-c2ccc(CNC(=O)C3CCCC(C(=O)O)C3)c(C(F)(F)F)c2)n1. The van der Waals surface area contributed by atoms with E-state index in [1.54, 1.807) is 19.9 Å². The number of rotatable bonds is 5. The molecule has 1 amide bonds. The maximum Gasteiger partial charge on any atom is 0.416 e. The van der Waals surface area contributed by atoms with Crippen molar-refractivity contribution < 1.29 is 27.9 Å². The van der Waals surface area contributed by atoms with Gasteiger partial charge in [-0.05, 0) is 56.9 Å². The second kappa shape index (κ2) is 8.49. The van der Waals surface area contributed by atoms with E-state index in [1.165, 1.54) is 16.8 Å². The van der Waals surface area contributed by atoms with Gasteiger partial charge in [-0.2, -0.15) is 18.3 Å². The molecule has 0 saturated heterocycles. The minimum absolute atomic E-state index is 0.0493. The molecule has 30 heavy (non-hydrogen) atoms. The predicted octanol–water partition coefficient (Wildman–Crippen LogP) is 4.02. The molecule has 1 saturated carbocycles. The van der Waals surface area contributed by atoms with Gasteiger partial charge in [0, 0.05) is 18.2 Å². The number of amides is 1. The van der Waals surface area contributed by atoms with Crippen molar-refractivity contribution in [2.45, 2.75) is 52.3 Å². The Bertz CT molecular complexity index is 953. The van der Waals surface area contributed by atoms with E-state index in [9.17, 15) is 22.8 Å². The van der Waals surface area contributed by atoms with Crippen molar-refractivity contribution in [1.82, 2.24) is 15.1 Å². The van der Waals surface area contributed by atoms with Crippen LogP contribution in [-0.2, 0) is 22.3 Å². The lowest BCUT2D eigenvalue weighted by Gasteiger charge is -2.26. The minimum atomic E-state index is -4.59. The predicted molar refractivity (Wildman–Crippen MR) is 103 cm³/mol. The van der Waals surface area contributed by atoms with Crippen LogP contribution < -0.4 is 5.32 Å². The summed E-state index contributed by atoms with van der Waals surface area (Å²) in [7, 11) is 0. The summed E-state index contributed by atoms with van der Waals surface area (Å²) in [6.45, 7) is 3.24. The second-order valence-corrected chi connectivity index (χ2v) is 7.79. The summed E-state index contributed by atoms with van der Waals surface area (Å²) in [6.07, 6.45) is -2.71. The van der Waals surface area contributed by atoms with Crippen LogP contribution in [0.15, 0.2) is 24.3 Å². The van der Waals surface area contributed by atoms with Crippen LogP contribution in [0.4, 0.5) is 13.2 Å². The van der Waals surface area contributed by atoms with E-state index in [2.05, 4.69) is 10.4 Å². The van der Waals surface area contributed by atoms with Crippen LogP contribution in [0.25, 0.3) is 5.69 Å². The van der Waals surface area contributed by atoms with Crippen LogP contribution in [0.5, 0.6) is 0 Å². The zero-order valence-corrected chi connectivity index (χ0v) is 16.8. The van der Waals surface area contributed by atoms with E-state index in [4.69, 9.17) is 5.11 Å². The van der Waals surface area contributed by atoms with Crippen molar-refractivity contribution in [2.75, 3.05) is 0 Å². The Balaban J connectivity index is 1.78. The zero-order valence-electron chi connectivity index (χ0n) is 16.8. The van der Waals surface area contributed by atoms with Crippen molar-refractivity contribution >= 4 is 11.9 Å². The van der Waals surface area contributed by atoms with E-state index in [0.717, 1.165) is 6.07 Å². The maximum absolute atomic E-state index is 13.7. The smallest absolute Gasteiger partial charge is 0.416 e. The number of aromatic nitrogens is 2. The summed E-state index contributed by atoms with van der Waals surface area (Å²) in [5.74, 6) is -2.42. The third-order valence-corrected chi connectivity index (χ3v) is 5.50. The number of carbonyl (C=O) groups excluding carboxylic acids is 1. The van der Waals surface area contributed by atoms with Gasteiger partial charge < -0.3 is 10.4 Å². The number of aliphatic carboxylic acids is 1. The Morgan fingerprint density at radius 3 is 2.50 bits per heavy atom. The van der Waals surface area contributed by atoms with Gasteiger partial charge in [0.1, 0.15) is 0 Å². The Labute approximate surface area is 172 Å². The number of benzene rings is 1. The molecule has 162 valence electrons. The van der Waals surface area contributed by atoms with Crippen molar-refractivity contribution in [3.63, 3.8) is 0 Å². The molecule has 2 atom stereocenters. The second-order valence-electron chi connectivity index (χ2n) is 7.79. The first-order valence-corrected chi connectivity index (χ1v) is 9.80. The fraction of sp³-hybridized carbons (Fsp3) is 0.476. The van der Waals surface area contributed by atoms with E-state index >= 15 is 0 Å². The Morgan fingerprint density at radius 1 is 1.20 bits per heavy atom. The van der Waals surface area contributed by atoms with Crippen molar-refractivity contribution in [1.29, 1.82) is 0 Å². The number of nitrogens with one attached hydrogen (secondary N) is 1. The summed E-state index contributed by atoms with van der Waals surface area (Å²) in [5.41, 5.74) is 0.822. The third kappa shape index (κ3) is 4.83. The highest BCUT2D eigenvalue weighted by atomic mass is 19.4. The van der Waals surface area contributed by atoms with Gasteiger partial charge >= 0.3 is 12.1 Å². The molecule has 2 unspecified atom stereocenters. The molecular formula is C21H24F3N3O3. The summed E-state index contributed by atoms with van der Waals surface area (Å²) < 4.78 is 42.4. The van der Waals surface area contributed by atoms with E-state index in [-0.39, 0.29) is 18.5 Å². The molecule has 0 aliphatic heterocycles. The van der Waals surface area contributed by atoms with E-state index in [1.807, 2.05) is 0 Å². The first kappa shape index (κ1) is 21.9. The van der Waals surface area contributed by atoms with Crippen LogP contribution in [0.3, 0.4) is 0 Å². The molecule has 1 aromatic heterocycles. The Hall–Kier alpha value is -2.84. The molecule has 1 aromatic carbocycles. The molecule has 6 nitrogen and oxygen atoms in total. The fourth-order valence-corrected chi connectivity index (χ4v) is 3.98. The van der Waals surface area contributed by atoms with Crippen molar-refractivity contribution in [2.24, 2.45) is 11.8 Å². The van der Waals surface area contributed by atoms with Gasteiger partial charge in [0.2, 0.25) is 5.91 Å². The highest BCUT2D eigenvalue weighted by Crippen LogP contribution is 2.34. The van der Waals surface area contributed by atoms with E-state index < -0.39 is 35.5 Å². The van der Waals surface area contributed by atoms with Crippen LogP contribution in [0.1, 0.15) is 48.2 Å². The molecule has 0 bridgehead atoms. The van der Waals surface area contributed by atoms with Crippen LogP contribution in [0.2, 0.25) is 0 Å². The quantitative estimate of drug-likeness (QED) is 0.761. The average molecular weight is 423 g/mol. The number of carbonyl (C=O) groups is 2. The number of halogens is 3. The molecule has 0 spiro atoms. The van der Waals surface area contributed by atoms with Gasteiger partial charge in [-0.3, -0.25) is 9.59 Å². The molecule has 1 aliphatic rings. The molecule has 0 radical (unpaired) electrons. The highest BCUT2D eigenvalue weighted by Gasteiger charge is 2.35. The summed E-state index contributed by atoms with van der Waals surface area (Å²) in [5, 5.41) is 15.9. The van der Waals surface area contributed by atoms with Gasteiger partial charge in [-0.1, -0.05) is 12.5 Å². The van der Waals surface area contributed by atoms with Gasteiger partial charge in [-0.25, -0.2) is 4.68 Å². The van der Waals surface area contributed by atoms with Crippen molar-refractivity contribution in [3.05, 3.63) is 46.8 Å². The molecule has 3 rings (SSSR count). The molecule has 9 heteroatoms. The lowest BCUT2D eigenvalue weighted by atomic mass is 9.81. The summed E-state index contributed by atoms with van der Waals surface area (Å²) >= 11 is 0. The van der Waals surface area contributed by atoms with Gasteiger partial charge in [-0.15, -0.1) is 0 Å². The normalized spacial score (nSPS) is 19.5. The molecule has 2 N–H and O–H groups in total. The number of hydrogen-bond acceptors (Lipinski definition) is 3. The van der Waals surface area contributed by atoms with Crippen LogP contribution >= 0.6 is 0 Å². The lowest BCUT2D eigenvalue weighted by molar-refractivity contribution is -0.144. The van der Waals surface area contributed by atoms with E-state index in [0.29, 0.717) is 36.3 Å². The van der Waals surface area contributed by atoms with Gasteiger partial charge in [0.25, 0.3) is 0 Å². The lowest BCUT2D eigenvalue weighted by Crippen LogP contribution is -2.35. The number of carboxylic acids is 1. The topological polar surface area (TPSA) is 84.2 Å². The summed E-state index contributed by atoms with van der Waals surface area (Å²) in [6, 6.07) is 5.69. The first-order chi connectivity index (χ1) is 14.1.